The van der Waals surface area contributed by atoms with Crippen LogP contribution in [0.15, 0.2) is 0 Å². The van der Waals surface area contributed by atoms with Crippen LogP contribution in [0.1, 0.15) is 41.0 Å². The zero-order valence-corrected chi connectivity index (χ0v) is 9.40. The molecule has 0 amide bonds. The van der Waals surface area contributed by atoms with E-state index in [0.29, 0.717) is 0 Å². The highest BCUT2D eigenvalue weighted by Gasteiger charge is 2.31. The molecule has 0 aliphatic carbocycles. The molecule has 0 fully saturated rings. The molecule has 0 saturated heterocycles. The van der Waals surface area contributed by atoms with Gasteiger partial charge >= 0.3 is 0 Å². The minimum Gasteiger partial charge on any atom is -0.299 e. The van der Waals surface area contributed by atoms with Crippen LogP contribution in [0.3, 0.4) is 0 Å². The molecule has 0 radical (unpaired) electrons. The molecular formula is C10H22N2O. The third kappa shape index (κ3) is 4.39. The Morgan fingerprint density at radius 2 is 1.77 bits per heavy atom. The molecule has 0 spiro atoms. The zero-order chi connectivity index (χ0) is 10.7. The van der Waals surface area contributed by atoms with Crippen LogP contribution in [0.25, 0.3) is 0 Å². The van der Waals surface area contributed by atoms with E-state index < -0.39 is 0 Å². The molecule has 0 rings (SSSR count). The predicted octanol–water partition coefficient (Wildman–Crippen LogP) is 1.48. The fourth-order valence-electron chi connectivity index (χ4n) is 1.66. The second kappa shape index (κ2) is 4.20. The van der Waals surface area contributed by atoms with Gasteiger partial charge in [-0.05, 0) is 18.8 Å². The van der Waals surface area contributed by atoms with Crippen molar-refractivity contribution in [1.29, 1.82) is 0 Å². The molecule has 0 heterocycles. The van der Waals surface area contributed by atoms with Crippen molar-refractivity contribution < 1.29 is 4.79 Å². The summed E-state index contributed by atoms with van der Waals surface area (Å²) < 4.78 is 0. The third-order valence-electron chi connectivity index (χ3n) is 2.45. The van der Waals surface area contributed by atoms with Crippen molar-refractivity contribution in [2.45, 2.75) is 41.0 Å². The van der Waals surface area contributed by atoms with E-state index in [-0.39, 0.29) is 16.6 Å². The van der Waals surface area contributed by atoms with Gasteiger partial charge in [0, 0.05) is 12.0 Å². The largest absolute Gasteiger partial charge is 0.299 e. The van der Waals surface area contributed by atoms with E-state index in [1.54, 1.807) is 6.92 Å². The first kappa shape index (κ1) is 12.6. The van der Waals surface area contributed by atoms with Gasteiger partial charge in [0.1, 0.15) is 5.78 Å². The van der Waals surface area contributed by atoms with E-state index in [1.807, 2.05) is 13.8 Å². The van der Waals surface area contributed by atoms with Crippen LogP contribution in [0.5, 0.6) is 0 Å². The Bertz CT molecular complexity index is 185. The van der Waals surface area contributed by atoms with E-state index in [1.165, 1.54) is 0 Å². The van der Waals surface area contributed by atoms with Crippen LogP contribution in [-0.4, -0.2) is 12.3 Å². The number of ketones is 1. The van der Waals surface area contributed by atoms with Crippen LogP contribution < -0.4 is 11.3 Å². The molecule has 0 saturated carbocycles. The first-order chi connectivity index (χ1) is 5.71. The summed E-state index contributed by atoms with van der Waals surface area (Å²) in [7, 11) is 0. The average molecular weight is 186 g/mol. The standard InChI is InChI=1S/C10H22N2O/c1-8(13)10(4,5)6-9(2,3)7-12-11/h12H,6-7,11H2,1-5H3. The number of carbonyl (C=O) groups is 1. The summed E-state index contributed by atoms with van der Waals surface area (Å²) in [5.41, 5.74) is 2.47. The predicted molar refractivity (Wildman–Crippen MR) is 55.1 cm³/mol. The molecule has 78 valence electrons. The van der Waals surface area contributed by atoms with Crippen LogP contribution in [-0.2, 0) is 4.79 Å². The Hall–Kier alpha value is -0.410. The highest BCUT2D eigenvalue weighted by molar-refractivity contribution is 5.81. The molecule has 3 heteroatoms. The van der Waals surface area contributed by atoms with Crippen molar-refractivity contribution in [2.75, 3.05) is 6.54 Å². The average Bonchev–Trinajstić information content (AvgIpc) is 1.83. The topological polar surface area (TPSA) is 55.1 Å². The highest BCUT2D eigenvalue weighted by atomic mass is 16.1. The second-order valence-corrected chi connectivity index (χ2v) is 5.16. The van der Waals surface area contributed by atoms with E-state index in [2.05, 4.69) is 19.3 Å². The highest BCUT2D eigenvalue weighted by Crippen LogP contribution is 2.33. The van der Waals surface area contributed by atoms with E-state index in [9.17, 15) is 4.79 Å². The third-order valence-corrected chi connectivity index (χ3v) is 2.45. The molecule has 0 aliphatic heterocycles. The first-order valence-corrected chi connectivity index (χ1v) is 4.66. The summed E-state index contributed by atoms with van der Waals surface area (Å²) >= 11 is 0. The Labute approximate surface area is 81.0 Å². The van der Waals surface area contributed by atoms with Gasteiger partial charge in [-0.1, -0.05) is 27.7 Å². The summed E-state index contributed by atoms with van der Waals surface area (Å²) in [6, 6.07) is 0. The smallest absolute Gasteiger partial charge is 0.135 e. The zero-order valence-electron chi connectivity index (χ0n) is 9.40. The Kier molecular flexibility index (Phi) is 4.07. The number of Topliss-reactive ketones (excluding diaryl/α,β-unsaturated/α-hetero) is 1. The van der Waals surface area contributed by atoms with Gasteiger partial charge in [-0.25, -0.2) is 0 Å². The first-order valence-electron chi connectivity index (χ1n) is 4.66. The molecule has 0 unspecified atom stereocenters. The Morgan fingerprint density at radius 1 is 1.31 bits per heavy atom. The normalized spacial score (nSPS) is 13.1. The minimum absolute atomic E-state index is 0.0594. The summed E-state index contributed by atoms with van der Waals surface area (Å²) in [5.74, 6) is 5.51. The molecule has 0 bridgehead atoms. The second-order valence-electron chi connectivity index (χ2n) is 5.16. The minimum atomic E-state index is -0.250. The number of nitrogens with one attached hydrogen (secondary N) is 1. The van der Waals surface area contributed by atoms with Crippen LogP contribution >= 0.6 is 0 Å². The van der Waals surface area contributed by atoms with Crippen LogP contribution in [0.4, 0.5) is 0 Å². The Morgan fingerprint density at radius 3 is 2.08 bits per heavy atom. The van der Waals surface area contributed by atoms with Crippen molar-refractivity contribution in [2.24, 2.45) is 16.7 Å². The van der Waals surface area contributed by atoms with Gasteiger partial charge < -0.3 is 0 Å². The summed E-state index contributed by atoms with van der Waals surface area (Å²) in [6.07, 6.45) is 0.847. The van der Waals surface area contributed by atoms with Crippen molar-refractivity contribution in [1.82, 2.24) is 5.43 Å². The molecule has 13 heavy (non-hydrogen) atoms. The molecule has 0 aromatic rings. The van der Waals surface area contributed by atoms with Crippen molar-refractivity contribution in [3.63, 3.8) is 0 Å². The van der Waals surface area contributed by atoms with Crippen LogP contribution in [0, 0.1) is 10.8 Å². The van der Waals surface area contributed by atoms with Gasteiger partial charge in [0.25, 0.3) is 0 Å². The summed E-state index contributed by atoms with van der Waals surface area (Å²) in [4.78, 5) is 11.3. The van der Waals surface area contributed by atoms with Crippen LogP contribution in [0.2, 0.25) is 0 Å². The van der Waals surface area contributed by atoms with Gasteiger partial charge in [0.05, 0.1) is 0 Å². The number of nitrogens with two attached hydrogens (primary N) is 1. The number of hydrogen-bond donors (Lipinski definition) is 2. The summed E-state index contributed by atoms with van der Waals surface area (Å²) in [5, 5.41) is 0. The maximum atomic E-state index is 11.3. The molecule has 0 aliphatic rings. The van der Waals surface area contributed by atoms with E-state index in [4.69, 9.17) is 5.84 Å². The molecule has 0 atom stereocenters. The van der Waals surface area contributed by atoms with Gasteiger partial charge in [0.2, 0.25) is 0 Å². The SMILES string of the molecule is CC(=O)C(C)(C)CC(C)(C)CNN. The number of rotatable bonds is 5. The maximum Gasteiger partial charge on any atom is 0.135 e. The van der Waals surface area contributed by atoms with Crippen molar-refractivity contribution in [3.8, 4) is 0 Å². The van der Waals surface area contributed by atoms with Gasteiger partial charge in [0.15, 0.2) is 0 Å². The van der Waals surface area contributed by atoms with Crippen molar-refractivity contribution >= 4 is 5.78 Å². The van der Waals surface area contributed by atoms with Gasteiger partial charge in [-0.15, -0.1) is 0 Å². The summed E-state index contributed by atoms with van der Waals surface area (Å²) in [6.45, 7) is 10.5. The van der Waals surface area contributed by atoms with E-state index >= 15 is 0 Å². The van der Waals surface area contributed by atoms with E-state index in [0.717, 1.165) is 13.0 Å². The van der Waals surface area contributed by atoms with Gasteiger partial charge in [-0.2, -0.15) is 0 Å². The van der Waals surface area contributed by atoms with Gasteiger partial charge in [-0.3, -0.25) is 16.1 Å². The fourth-order valence-corrected chi connectivity index (χ4v) is 1.66. The molecule has 0 aromatic heterocycles. The molecular weight excluding hydrogens is 164 g/mol. The van der Waals surface area contributed by atoms with Crippen molar-refractivity contribution in [3.05, 3.63) is 0 Å². The number of hydrazine groups is 1. The molecule has 0 aromatic carbocycles. The lowest BCUT2D eigenvalue weighted by Gasteiger charge is -2.32. The molecule has 3 N–H and O–H groups in total. The lowest BCUT2D eigenvalue weighted by Crippen LogP contribution is -2.38. The quantitative estimate of drug-likeness (QED) is 0.505. The lowest BCUT2D eigenvalue weighted by atomic mass is 9.73. The maximum absolute atomic E-state index is 11.3. The number of carbonyl (C=O) groups excluding carboxylic acids is 1. The lowest BCUT2D eigenvalue weighted by molar-refractivity contribution is -0.126. The number of hydrogen-bond acceptors (Lipinski definition) is 3. The monoisotopic (exact) mass is 186 g/mol. The Balaban J connectivity index is 4.33. The molecule has 3 nitrogen and oxygen atoms in total. The fraction of sp³-hybridized carbons (Fsp3) is 0.900.